The van der Waals surface area contributed by atoms with Crippen molar-refractivity contribution in [3.05, 3.63) is 134 Å². The molecule has 0 N–H and O–H groups in total. The predicted octanol–water partition coefficient (Wildman–Crippen LogP) is 21.4. The van der Waals surface area contributed by atoms with Crippen molar-refractivity contribution in [3.8, 4) is 0 Å². The van der Waals surface area contributed by atoms with Crippen LogP contribution in [0.4, 0.5) is 0 Å². The zero-order valence-corrected chi connectivity index (χ0v) is 49.2. The monoisotopic (exact) mass is 1050 g/mol. The Kier molecular flexibility index (Phi) is 59.4. The number of unbranched alkanes of at least 4 members (excludes halogenated alkanes) is 22. The molecule has 0 saturated carbocycles. The summed E-state index contributed by atoms with van der Waals surface area (Å²) < 4.78 is 16.8. The number of carbonyl (C=O) groups excluding carboxylic acids is 3. The van der Waals surface area contributed by atoms with Crippen LogP contribution in [0, 0.1) is 0 Å². The summed E-state index contributed by atoms with van der Waals surface area (Å²) in [4.78, 5) is 38.2. The maximum atomic E-state index is 12.9. The molecule has 76 heavy (non-hydrogen) atoms. The Bertz CT molecular complexity index is 1630. The number of ether oxygens (including phenoxy) is 3. The van der Waals surface area contributed by atoms with Gasteiger partial charge in [0.25, 0.3) is 0 Å². The summed E-state index contributed by atoms with van der Waals surface area (Å²) in [6.07, 6.45) is 88.9. The van der Waals surface area contributed by atoms with Gasteiger partial charge in [-0.05, 0) is 128 Å². The SMILES string of the molecule is CC/C=C\C/C=C\C/C=C\C/C=C\C/C=C\CCCCCCCCCCCCCC(=O)OCC(COC(=O)CCCCCCC/C=C\CCCCCCC)OC(=O)CCC/C=C\C/C=C\C/C=C\C/C=C\C/C=C\CC. The van der Waals surface area contributed by atoms with Gasteiger partial charge in [-0.3, -0.25) is 14.4 Å². The van der Waals surface area contributed by atoms with Crippen molar-refractivity contribution in [2.45, 2.75) is 277 Å². The van der Waals surface area contributed by atoms with E-state index in [0.717, 1.165) is 122 Å². The van der Waals surface area contributed by atoms with Gasteiger partial charge < -0.3 is 14.2 Å². The quantitative estimate of drug-likeness (QED) is 0.0261. The number of hydrogen-bond donors (Lipinski definition) is 0. The molecule has 1 atom stereocenters. The molecule has 0 aromatic heterocycles. The largest absolute Gasteiger partial charge is 0.462 e. The highest BCUT2D eigenvalue weighted by molar-refractivity contribution is 5.71. The first-order chi connectivity index (χ1) is 37.5. The van der Waals surface area contributed by atoms with E-state index in [9.17, 15) is 14.4 Å². The molecule has 0 fully saturated rings. The van der Waals surface area contributed by atoms with Gasteiger partial charge in [0.15, 0.2) is 6.10 Å². The van der Waals surface area contributed by atoms with Crippen LogP contribution in [-0.2, 0) is 28.6 Å². The Morgan fingerprint density at radius 2 is 0.526 bits per heavy atom. The molecule has 0 aromatic rings. The van der Waals surface area contributed by atoms with Crippen molar-refractivity contribution in [1.29, 1.82) is 0 Å². The lowest BCUT2D eigenvalue weighted by Gasteiger charge is -2.18. The Labute approximate surface area is 468 Å². The van der Waals surface area contributed by atoms with Crippen LogP contribution in [0.2, 0.25) is 0 Å². The molecule has 6 heteroatoms. The van der Waals surface area contributed by atoms with Crippen molar-refractivity contribution >= 4 is 17.9 Å². The van der Waals surface area contributed by atoms with Gasteiger partial charge in [-0.15, -0.1) is 0 Å². The smallest absolute Gasteiger partial charge is 0.306 e. The standard InChI is InChI=1S/C70H114O6/c1-4-7-10-13-16-19-22-25-28-30-31-32-33-34-35-36-37-38-39-41-42-45-48-51-54-57-60-63-69(72)75-66-67(65-74-68(71)62-59-56-53-50-47-44-27-24-21-18-15-12-9-6-3)76-70(73)64-61-58-55-52-49-46-43-40-29-26-23-20-17-14-11-8-5-2/h7-8,10-11,16-17,19-20,24-29,31-32,34-35,43,46,52,55,67H,4-6,9,12-15,18,21-23,30,33,36-42,44-45,47-51,53-54,56-66H2,1-3H3/b10-7-,11-8-,19-16-,20-17-,27-24-,28-25-,29-26-,32-31-,35-34-,46-43-,55-52-. The van der Waals surface area contributed by atoms with E-state index in [0.29, 0.717) is 19.3 Å². The average molecular weight is 1050 g/mol. The van der Waals surface area contributed by atoms with Crippen molar-refractivity contribution in [2.24, 2.45) is 0 Å². The van der Waals surface area contributed by atoms with E-state index in [1.165, 1.54) is 103 Å². The van der Waals surface area contributed by atoms with E-state index in [1.807, 2.05) is 0 Å². The summed E-state index contributed by atoms with van der Waals surface area (Å²) in [6, 6.07) is 0. The van der Waals surface area contributed by atoms with Gasteiger partial charge in [-0.2, -0.15) is 0 Å². The molecule has 0 heterocycles. The zero-order valence-electron chi connectivity index (χ0n) is 49.2. The normalized spacial score (nSPS) is 13.0. The fourth-order valence-electron chi connectivity index (χ4n) is 8.26. The lowest BCUT2D eigenvalue weighted by Crippen LogP contribution is -2.30. The van der Waals surface area contributed by atoms with Crippen LogP contribution in [0.5, 0.6) is 0 Å². The first-order valence-corrected chi connectivity index (χ1v) is 31.2. The summed E-state index contributed by atoms with van der Waals surface area (Å²) in [5.41, 5.74) is 0. The molecular formula is C70H114O6. The minimum absolute atomic E-state index is 0.108. The van der Waals surface area contributed by atoms with E-state index >= 15 is 0 Å². The Balaban J connectivity index is 4.39. The van der Waals surface area contributed by atoms with Crippen LogP contribution in [0.3, 0.4) is 0 Å². The topological polar surface area (TPSA) is 78.9 Å². The van der Waals surface area contributed by atoms with E-state index in [2.05, 4.69) is 154 Å². The van der Waals surface area contributed by atoms with E-state index in [4.69, 9.17) is 14.2 Å². The van der Waals surface area contributed by atoms with Gasteiger partial charge in [-0.25, -0.2) is 0 Å². The third-order valence-electron chi connectivity index (χ3n) is 12.9. The minimum atomic E-state index is -0.817. The molecule has 0 aliphatic heterocycles. The fourth-order valence-corrected chi connectivity index (χ4v) is 8.26. The lowest BCUT2D eigenvalue weighted by molar-refractivity contribution is -0.167. The second-order valence-corrected chi connectivity index (χ2v) is 20.2. The van der Waals surface area contributed by atoms with Crippen LogP contribution in [-0.4, -0.2) is 37.2 Å². The van der Waals surface area contributed by atoms with Crippen LogP contribution in [0.1, 0.15) is 271 Å². The van der Waals surface area contributed by atoms with Crippen molar-refractivity contribution in [1.82, 2.24) is 0 Å². The highest BCUT2D eigenvalue weighted by Gasteiger charge is 2.19. The van der Waals surface area contributed by atoms with Crippen LogP contribution < -0.4 is 0 Å². The second kappa shape index (κ2) is 63.1. The maximum absolute atomic E-state index is 12.9. The molecule has 0 aliphatic carbocycles. The Hall–Kier alpha value is -4.45. The Morgan fingerprint density at radius 1 is 0.276 bits per heavy atom. The summed E-state index contributed by atoms with van der Waals surface area (Å²) in [5.74, 6) is -0.978. The fraction of sp³-hybridized carbons (Fsp3) is 0.643. The first kappa shape index (κ1) is 71.5. The number of carbonyl (C=O) groups is 3. The highest BCUT2D eigenvalue weighted by Crippen LogP contribution is 2.15. The summed E-state index contributed by atoms with van der Waals surface area (Å²) in [6.45, 7) is 6.35. The molecule has 6 nitrogen and oxygen atoms in total. The summed E-state index contributed by atoms with van der Waals surface area (Å²) >= 11 is 0. The molecule has 0 spiro atoms. The van der Waals surface area contributed by atoms with E-state index < -0.39 is 6.10 Å². The molecule has 0 saturated heterocycles. The van der Waals surface area contributed by atoms with Crippen LogP contribution >= 0.6 is 0 Å². The van der Waals surface area contributed by atoms with Gasteiger partial charge in [0.05, 0.1) is 0 Å². The second-order valence-electron chi connectivity index (χ2n) is 20.2. The van der Waals surface area contributed by atoms with Crippen LogP contribution in [0.15, 0.2) is 134 Å². The number of allylic oxidation sites excluding steroid dienone is 22. The molecular weight excluding hydrogens is 937 g/mol. The third kappa shape index (κ3) is 60.4. The molecule has 0 radical (unpaired) electrons. The zero-order chi connectivity index (χ0) is 55.0. The number of esters is 3. The first-order valence-electron chi connectivity index (χ1n) is 31.2. The molecule has 0 rings (SSSR count). The maximum Gasteiger partial charge on any atom is 0.306 e. The van der Waals surface area contributed by atoms with Crippen molar-refractivity contribution < 1.29 is 28.6 Å². The lowest BCUT2D eigenvalue weighted by atomic mass is 10.0. The Morgan fingerprint density at radius 3 is 0.855 bits per heavy atom. The van der Waals surface area contributed by atoms with Crippen molar-refractivity contribution in [2.75, 3.05) is 13.2 Å². The van der Waals surface area contributed by atoms with Crippen molar-refractivity contribution in [3.63, 3.8) is 0 Å². The third-order valence-corrected chi connectivity index (χ3v) is 12.9. The van der Waals surface area contributed by atoms with E-state index in [-0.39, 0.29) is 37.5 Å². The number of hydrogen-bond acceptors (Lipinski definition) is 6. The summed E-state index contributed by atoms with van der Waals surface area (Å²) in [7, 11) is 0. The molecule has 0 amide bonds. The minimum Gasteiger partial charge on any atom is -0.462 e. The van der Waals surface area contributed by atoms with Gasteiger partial charge >= 0.3 is 17.9 Å². The van der Waals surface area contributed by atoms with Crippen LogP contribution in [0.25, 0.3) is 0 Å². The van der Waals surface area contributed by atoms with E-state index in [1.54, 1.807) is 0 Å². The molecule has 0 aliphatic rings. The van der Waals surface area contributed by atoms with Gasteiger partial charge in [-0.1, -0.05) is 257 Å². The summed E-state index contributed by atoms with van der Waals surface area (Å²) in [5, 5.41) is 0. The van der Waals surface area contributed by atoms with Gasteiger partial charge in [0.2, 0.25) is 0 Å². The molecule has 0 aromatic carbocycles. The predicted molar refractivity (Wildman–Crippen MR) is 329 cm³/mol. The molecule has 0 bridgehead atoms. The molecule has 430 valence electrons. The van der Waals surface area contributed by atoms with Gasteiger partial charge in [0, 0.05) is 19.3 Å². The molecule has 1 unspecified atom stereocenters. The highest BCUT2D eigenvalue weighted by atomic mass is 16.6. The average Bonchev–Trinajstić information content (AvgIpc) is 3.42. The van der Waals surface area contributed by atoms with Gasteiger partial charge in [0.1, 0.15) is 13.2 Å². The number of rotatable bonds is 55.